The van der Waals surface area contributed by atoms with Crippen LogP contribution in [0, 0.1) is 0 Å². The Balaban J connectivity index is 1.62. The van der Waals surface area contributed by atoms with E-state index in [1.54, 1.807) is 4.90 Å². The minimum absolute atomic E-state index is 0.00891. The van der Waals surface area contributed by atoms with Crippen LogP contribution >= 0.6 is 11.3 Å². The number of hydrogen-bond acceptors (Lipinski definition) is 5. The lowest BCUT2D eigenvalue weighted by atomic mass is 10.1. The van der Waals surface area contributed by atoms with E-state index in [1.165, 1.54) is 11.3 Å². The van der Waals surface area contributed by atoms with Gasteiger partial charge in [-0.25, -0.2) is 4.79 Å². The Labute approximate surface area is 151 Å². The van der Waals surface area contributed by atoms with Crippen LogP contribution in [-0.4, -0.2) is 48.7 Å². The molecule has 2 aromatic rings. The van der Waals surface area contributed by atoms with Crippen LogP contribution in [0.2, 0.25) is 0 Å². The molecule has 5 nitrogen and oxygen atoms in total. The van der Waals surface area contributed by atoms with E-state index in [1.807, 2.05) is 55.6 Å². The van der Waals surface area contributed by atoms with Gasteiger partial charge in [-0.1, -0.05) is 30.3 Å². The fourth-order valence-corrected chi connectivity index (χ4v) is 3.79. The maximum Gasteiger partial charge on any atom is 0.349 e. The summed E-state index contributed by atoms with van der Waals surface area (Å²) in [4.78, 5) is 26.9. The van der Waals surface area contributed by atoms with Gasteiger partial charge in [-0.05, 0) is 30.9 Å². The maximum atomic E-state index is 12.4. The predicted octanol–water partition coefficient (Wildman–Crippen LogP) is 3.21. The molecule has 132 valence electrons. The summed E-state index contributed by atoms with van der Waals surface area (Å²) in [6.07, 6.45) is -0.0178. The van der Waals surface area contributed by atoms with Crippen molar-refractivity contribution in [3.8, 4) is 11.1 Å². The molecule has 0 aliphatic carbocycles. The Morgan fingerprint density at radius 3 is 2.52 bits per heavy atom. The predicted molar refractivity (Wildman–Crippen MR) is 96.6 cm³/mol. The highest BCUT2D eigenvalue weighted by Crippen LogP contribution is 2.28. The summed E-state index contributed by atoms with van der Waals surface area (Å²) in [5, 5.41) is 1.85. The van der Waals surface area contributed by atoms with Gasteiger partial charge >= 0.3 is 5.97 Å². The third kappa shape index (κ3) is 4.27. The molecule has 0 N–H and O–H groups in total. The van der Waals surface area contributed by atoms with Gasteiger partial charge in [-0.2, -0.15) is 0 Å². The van der Waals surface area contributed by atoms with Crippen LogP contribution in [-0.2, 0) is 14.3 Å². The van der Waals surface area contributed by atoms with Gasteiger partial charge in [-0.15, -0.1) is 11.3 Å². The third-order valence-electron chi connectivity index (χ3n) is 4.03. The van der Waals surface area contributed by atoms with Crippen LogP contribution in [0.25, 0.3) is 11.1 Å². The van der Waals surface area contributed by atoms with Gasteiger partial charge in [0.25, 0.3) is 5.91 Å². The largest absolute Gasteiger partial charge is 0.451 e. The van der Waals surface area contributed by atoms with E-state index in [4.69, 9.17) is 9.47 Å². The van der Waals surface area contributed by atoms with Crippen molar-refractivity contribution in [3.05, 3.63) is 46.7 Å². The zero-order valence-electron chi connectivity index (χ0n) is 14.3. The highest BCUT2D eigenvalue weighted by atomic mass is 32.1. The van der Waals surface area contributed by atoms with Gasteiger partial charge in [0.1, 0.15) is 4.88 Å². The van der Waals surface area contributed by atoms with E-state index >= 15 is 0 Å². The summed E-state index contributed by atoms with van der Waals surface area (Å²) in [6.45, 7) is 4.66. The average Bonchev–Trinajstić information content (AvgIpc) is 3.09. The molecule has 0 bridgehead atoms. The number of carbonyl (C=O) groups excluding carboxylic acids is 2. The monoisotopic (exact) mass is 359 g/mol. The molecule has 25 heavy (non-hydrogen) atoms. The van der Waals surface area contributed by atoms with Crippen molar-refractivity contribution in [2.24, 2.45) is 0 Å². The molecule has 1 fully saturated rings. The summed E-state index contributed by atoms with van der Waals surface area (Å²) in [6, 6.07) is 11.6. The molecule has 3 rings (SSSR count). The standard InChI is InChI=1S/C19H21NO4S/c1-13-10-20(11-14(2)24-13)17(21)12-23-19(22)18-16(8-9-25-18)15-6-4-3-5-7-15/h3-9,13-14H,10-12H2,1-2H3/t13-,14-/m0/s1. The molecule has 1 aliphatic heterocycles. The summed E-state index contributed by atoms with van der Waals surface area (Å²) < 4.78 is 10.9. The van der Waals surface area contributed by atoms with E-state index in [-0.39, 0.29) is 24.7 Å². The number of benzene rings is 1. The number of thiophene rings is 1. The van der Waals surface area contributed by atoms with E-state index in [2.05, 4.69) is 0 Å². The van der Waals surface area contributed by atoms with Crippen molar-refractivity contribution in [2.75, 3.05) is 19.7 Å². The first-order valence-corrected chi connectivity index (χ1v) is 9.16. The lowest BCUT2D eigenvalue weighted by molar-refractivity contribution is -0.146. The van der Waals surface area contributed by atoms with Crippen molar-refractivity contribution in [1.29, 1.82) is 0 Å². The lowest BCUT2D eigenvalue weighted by Crippen LogP contribution is -2.49. The molecule has 1 aliphatic rings. The summed E-state index contributed by atoms with van der Waals surface area (Å²) in [5.41, 5.74) is 1.79. The summed E-state index contributed by atoms with van der Waals surface area (Å²) in [7, 11) is 0. The number of ether oxygens (including phenoxy) is 2. The van der Waals surface area contributed by atoms with Crippen molar-refractivity contribution in [1.82, 2.24) is 4.90 Å². The normalized spacial score (nSPS) is 20.3. The fraction of sp³-hybridized carbons (Fsp3) is 0.368. The Hall–Kier alpha value is -2.18. The zero-order chi connectivity index (χ0) is 17.8. The molecule has 1 aromatic carbocycles. The minimum Gasteiger partial charge on any atom is -0.451 e. The van der Waals surface area contributed by atoms with Crippen LogP contribution < -0.4 is 0 Å². The number of morpholine rings is 1. The van der Waals surface area contributed by atoms with Crippen molar-refractivity contribution in [3.63, 3.8) is 0 Å². The number of rotatable bonds is 4. The highest BCUT2D eigenvalue weighted by molar-refractivity contribution is 7.12. The lowest BCUT2D eigenvalue weighted by Gasteiger charge is -2.35. The molecule has 1 amide bonds. The quantitative estimate of drug-likeness (QED) is 0.787. The first-order chi connectivity index (χ1) is 12.0. The molecule has 0 spiro atoms. The summed E-state index contributed by atoms with van der Waals surface area (Å²) in [5.74, 6) is -0.648. The molecule has 2 heterocycles. The number of esters is 1. The van der Waals surface area contributed by atoms with E-state index < -0.39 is 5.97 Å². The van der Waals surface area contributed by atoms with E-state index in [0.29, 0.717) is 18.0 Å². The van der Waals surface area contributed by atoms with E-state index in [0.717, 1.165) is 11.1 Å². The second kappa shape index (κ2) is 7.80. The number of nitrogens with zero attached hydrogens (tertiary/aromatic N) is 1. The summed E-state index contributed by atoms with van der Waals surface area (Å²) >= 11 is 1.32. The Morgan fingerprint density at radius 1 is 1.16 bits per heavy atom. The minimum atomic E-state index is -0.462. The van der Waals surface area contributed by atoms with Gasteiger partial charge in [0.2, 0.25) is 0 Å². The van der Waals surface area contributed by atoms with Gasteiger partial charge < -0.3 is 14.4 Å². The average molecular weight is 359 g/mol. The van der Waals surface area contributed by atoms with E-state index in [9.17, 15) is 9.59 Å². The third-order valence-corrected chi connectivity index (χ3v) is 4.93. The second-order valence-electron chi connectivity index (χ2n) is 6.16. The molecule has 2 atom stereocenters. The maximum absolute atomic E-state index is 12.4. The first kappa shape index (κ1) is 17.6. The number of carbonyl (C=O) groups is 2. The highest BCUT2D eigenvalue weighted by Gasteiger charge is 2.27. The molecule has 0 unspecified atom stereocenters. The van der Waals surface area contributed by atoms with Gasteiger partial charge in [0, 0.05) is 18.7 Å². The molecule has 0 radical (unpaired) electrons. The Kier molecular flexibility index (Phi) is 5.50. The molecular formula is C19H21NO4S. The molecule has 1 aromatic heterocycles. The van der Waals surface area contributed by atoms with Crippen LogP contribution in [0.3, 0.4) is 0 Å². The second-order valence-corrected chi connectivity index (χ2v) is 7.08. The van der Waals surface area contributed by atoms with Crippen LogP contribution in [0.1, 0.15) is 23.5 Å². The van der Waals surface area contributed by atoms with Crippen LogP contribution in [0.4, 0.5) is 0 Å². The SMILES string of the molecule is C[C@H]1CN(C(=O)COC(=O)c2sccc2-c2ccccc2)C[C@H](C)O1. The number of hydrogen-bond donors (Lipinski definition) is 0. The van der Waals surface area contributed by atoms with Crippen LogP contribution in [0.5, 0.6) is 0 Å². The molecule has 1 saturated heterocycles. The molecule has 6 heteroatoms. The zero-order valence-corrected chi connectivity index (χ0v) is 15.1. The van der Waals surface area contributed by atoms with Crippen LogP contribution in [0.15, 0.2) is 41.8 Å². The number of amides is 1. The molecule has 0 saturated carbocycles. The smallest absolute Gasteiger partial charge is 0.349 e. The topological polar surface area (TPSA) is 55.8 Å². The first-order valence-electron chi connectivity index (χ1n) is 8.28. The fourth-order valence-electron chi connectivity index (χ4n) is 2.98. The Bertz CT molecular complexity index is 733. The molecular weight excluding hydrogens is 338 g/mol. The van der Waals surface area contributed by atoms with Gasteiger partial charge in [0.05, 0.1) is 12.2 Å². The van der Waals surface area contributed by atoms with Crippen molar-refractivity contribution >= 4 is 23.2 Å². The Morgan fingerprint density at radius 2 is 1.84 bits per heavy atom. The van der Waals surface area contributed by atoms with Crippen molar-refractivity contribution in [2.45, 2.75) is 26.1 Å². The van der Waals surface area contributed by atoms with Crippen molar-refractivity contribution < 1.29 is 19.1 Å². The van der Waals surface area contributed by atoms with Gasteiger partial charge in [0.15, 0.2) is 6.61 Å². The van der Waals surface area contributed by atoms with Gasteiger partial charge in [-0.3, -0.25) is 4.79 Å².